The van der Waals surface area contributed by atoms with Gasteiger partial charge in [0.25, 0.3) is 0 Å². The van der Waals surface area contributed by atoms with Gasteiger partial charge in [0.1, 0.15) is 11.5 Å². The molecule has 3 nitrogen and oxygen atoms in total. The fourth-order valence-corrected chi connectivity index (χ4v) is 3.37. The first-order valence-corrected chi connectivity index (χ1v) is 8.36. The highest BCUT2D eigenvalue weighted by Gasteiger charge is 2.17. The maximum absolute atomic E-state index is 13.9. The topological polar surface area (TPSA) is 31.9 Å². The Morgan fingerprint density at radius 3 is 3.00 bits per heavy atom. The predicted molar refractivity (Wildman–Crippen MR) is 95.4 cm³/mol. The molecular weight excluding hydrogens is 325 g/mol. The Balaban J connectivity index is 1.51. The van der Waals surface area contributed by atoms with Crippen LogP contribution in [-0.2, 0) is 6.54 Å². The number of hydrogen-bond donors (Lipinski definition) is 1. The number of nitrogens with one attached hydrogen (secondary N) is 1. The van der Waals surface area contributed by atoms with Gasteiger partial charge in [0.05, 0.1) is 0 Å². The number of nitrogens with zero attached hydrogens (tertiary/aromatic N) is 2. The van der Waals surface area contributed by atoms with Crippen LogP contribution in [0.3, 0.4) is 0 Å². The summed E-state index contributed by atoms with van der Waals surface area (Å²) in [6.07, 6.45) is 6.99. The van der Waals surface area contributed by atoms with Gasteiger partial charge in [-0.2, -0.15) is 0 Å². The fraction of sp³-hybridized carbons (Fsp3) is 0.211. The maximum atomic E-state index is 13.9. The summed E-state index contributed by atoms with van der Waals surface area (Å²) in [5.41, 5.74) is 4.14. The summed E-state index contributed by atoms with van der Waals surface area (Å²) in [5, 5.41) is 1.59. The van der Waals surface area contributed by atoms with Crippen LogP contribution in [0.2, 0.25) is 5.02 Å². The summed E-state index contributed by atoms with van der Waals surface area (Å²) in [6.45, 7) is 2.31. The minimum Gasteiger partial charge on any atom is -0.346 e. The molecule has 1 N–H and O–H groups in total. The lowest BCUT2D eigenvalue weighted by Gasteiger charge is -2.26. The Labute approximate surface area is 144 Å². The molecule has 5 heteroatoms. The number of aromatic amines is 1. The minimum atomic E-state index is -0.236. The van der Waals surface area contributed by atoms with Gasteiger partial charge >= 0.3 is 0 Å². The normalized spacial score (nSPS) is 15.7. The van der Waals surface area contributed by atoms with Gasteiger partial charge in [-0.3, -0.25) is 4.90 Å². The van der Waals surface area contributed by atoms with Crippen LogP contribution in [-0.4, -0.2) is 28.0 Å². The summed E-state index contributed by atoms with van der Waals surface area (Å²) in [7, 11) is 0. The minimum absolute atomic E-state index is 0.236. The predicted octanol–water partition coefficient (Wildman–Crippen LogP) is 4.64. The first kappa shape index (κ1) is 15.4. The number of fused-ring (bicyclic) bond motifs is 1. The molecule has 1 aliphatic heterocycles. The molecule has 0 radical (unpaired) electrons. The van der Waals surface area contributed by atoms with Gasteiger partial charge in [-0.15, -0.1) is 0 Å². The van der Waals surface area contributed by atoms with Crippen LogP contribution < -0.4 is 0 Å². The molecule has 3 heterocycles. The molecule has 0 spiro atoms. The van der Waals surface area contributed by atoms with Gasteiger partial charge in [-0.1, -0.05) is 23.7 Å². The summed E-state index contributed by atoms with van der Waals surface area (Å²) in [6, 6.07) is 8.93. The standard InChI is InChI=1S/C19H17ClFN3/c20-15-4-3-14(18(21)10-15)12-24-8-5-13(6-9-24)17-11-23-19-16(17)2-1-7-22-19/h1-5,7,10-11H,6,8-9,12H2,(H,22,23). The highest BCUT2D eigenvalue weighted by Crippen LogP contribution is 2.29. The zero-order valence-electron chi connectivity index (χ0n) is 13.1. The van der Waals surface area contributed by atoms with E-state index in [4.69, 9.17) is 11.6 Å². The molecule has 0 saturated heterocycles. The van der Waals surface area contributed by atoms with Crippen molar-refractivity contribution in [2.45, 2.75) is 13.0 Å². The monoisotopic (exact) mass is 341 g/mol. The number of hydrogen-bond acceptors (Lipinski definition) is 2. The first-order valence-electron chi connectivity index (χ1n) is 7.98. The molecule has 4 rings (SSSR count). The molecule has 122 valence electrons. The highest BCUT2D eigenvalue weighted by molar-refractivity contribution is 6.30. The lowest BCUT2D eigenvalue weighted by Crippen LogP contribution is -2.28. The van der Waals surface area contributed by atoms with Gasteiger partial charge in [0.2, 0.25) is 0 Å². The van der Waals surface area contributed by atoms with E-state index in [1.54, 1.807) is 18.3 Å². The molecule has 0 unspecified atom stereocenters. The van der Waals surface area contributed by atoms with E-state index in [2.05, 4.69) is 27.0 Å². The SMILES string of the molecule is Fc1cc(Cl)ccc1CN1CC=C(c2c[nH]c3ncccc23)CC1. The summed E-state index contributed by atoms with van der Waals surface area (Å²) in [5.74, 6) is -0.236. The molecule has 0 bridgehead atoms. The number of benzene rings is 1. The van der Waals surface area contributed by atoms with Gasteiger partial charge in [0, 0.05) is 53.6 Å². The third-order valence-corrected chi connectivity index (χ3v) is 4.73. The largest absolute Gasteiger partial charge is 0.346 e. The van der Waals surface area contributed by atoms with Gasteiger partial charge < -0.3 is 4.98 Å². The van der Waals surface area contributed by atoms with Crippen LogP contribution in [0.4, 0.5) is 4.39 Å². The lowest BCUT2D eigenvalue weighted by atomic mass is 9.99. The second kappa shape index (κ2) is 6.38. The Kier molecular flexibility index (Phi) is 4.08. The van der Waals surface area contributed by atoms with Crippen LogP contribution in [0.1, 0.15) is 17.5 Å². The van der Waals surface area contributed by atoms with E-state index in [-0.39, 0.29) is 5.82 Å². The van der Waals surface area contributed by atoms with Crippen molar-refractivity contribution in [2.75, 3.05) is 13.1 Å². The van der Waals surface area contributed by atoms with Gasteiger partial charge in [-0.05, 0) is 36.3 Å². The molecule has 0 aliphatic carbocycles. The molecule has 1 aromatic carbocycles. The smallest absolute Gasteiger partial charge is 0.137 e. The van der Waals surface area contributed by atoms with E-state index in [0.717, 1.165) is 30.5 Å². The number of halogens is 2. The number of aromatic nitrogens is 2. The molecule has 0 amide bonds. The lowest BCUT2D eigenvalue weighted by molar-refractivity contribution is 0.289. The van der Waals surface area contributed by atoms with E-state index in [1.807, 2.05) is 12.3 Å². The molecule has 3 aromatic rings. The van der Waals surface area contributed by atoms with E-state index in [1.165, 1.54) is 17.2 Å². The molecule has 0 atom stereocenters. The van der Waals surface area contributed by atoms with E-state index in [9.17, 15) is 4.39 Å². The first-order chi connectivity index (χ1) is 11.7. The van der Waals surface area contributed by atoms with Crippen molar-refractivity contribution in [3.05, 3.63) is 70.8 Å². The molecule has 0 saturated carbocycles. The quantitative estimate of drug-likeness (QED) is 0.752. The average molecular weight is 342 g/mol. The summed E-state index contributed by atoms with van der Waals surface area (Å²) in [4.78, 5) is 9.80. The van der Waals surface area contributed by atoms with Crippen molar-refractivity contribution in [1.29, 1.82) is 0 Å². The summed E-state index contributed by atoms with van der Waals surface area (Å²) >= 11 is 5.81. The highest BCUT2D eigenvalue weighted by atomic mass is 35.5. The van der Waals surface area contributed by atoms with E-state index < -0.39 is 0 Å². The van der Waals surface area contributed by atoms with Crippen molar-refractivity contribution in [1.82, 2.24) is 14.9 Å². The van der Waals surface area contributed by atoms with E-state index in [0.29, 0.717) is 17.1 Å². The van der Waals surface area contributed by atoms with Crippen LogP contribution in [0, 0.1) is 5.82 Å². The number of rotatable bonds is 3. The van der Waals surface area contributed by atoms with Crippen LogP contribution >= 0.6 is 11.6 Å². The van der Waals surface area contributed by atoms with Gasteiger partial charge in [-0.25, -0.2) is 9.37 Å². The Morgan fingerprint density at radius 1 is 1.29 bits per heavy atom. The van der Waals surface area contributed by atoms with Crippen LogP contribution in [0.15, 0.2) is 48.8 Å². The Morgan fingerprint density at radius 2 is 2.21 bits per heavy atom. The second-order valence-electron chi connectivity index (χ2n) is 6.05. The zero-order valence-corrected chi connectivity index (χ0v) is 13.9. The van der Waals surface area contributed by atoms with Crippen molar-refractivity contribution in [2.24, 2.45) is 0 Å². The average Bonchev–Trinajstić information content (AvgIpc) is 3.02. The van der Waals surface area contributed by atoms with E-state index >= 15 is 0 Å². The third kappa shape index (κ3) is 2.95. The van der Waals surface area contributed by atoms with Crippen LogP contribution in [0.25, 0.3) is 16.6 Å². The maximum Gasteiger partial charge on any atom is 0.137 e. The Hall–Kier alpha value is -2.17. The van der Waals surface area contributed by atoms with Crippen LogP contribution in [0.5, 0.6) is 0 Å². The molecule has 0 fully saturated rings. The van der Waals surface area contributed by atoms with Crippen molar-refractivity contribution >= 4 is 28.2 Å². The number of pyridine rings is 1. The third-order valence-electron chi connectivity index (χ3n) is 4.50. The molecular formula is C19H17ClFN3. The molecule has 2 aromatic heterocycles. The van der Waals surface area contributed by atoms with Crippen molar-refractivity contribution in [3.63, 3.8) is 0 Å². The van der Waals surface area contributed by atoms with Crippen molar-refractivity contribution in [3.8, 4) is 0 Å². The van der Waals surface area contributed by atoms with Crippen molar-refractivity contribution < 1.29 is 4.39 Å². The summed E-state index contributed by atoms with van der Waals surface area (Å²) < 4.78 is 13.9. The Bertz CT molecular complexity index is 916. The number of H-pyrrole nitrogens is 1. The zero-order chi connectivity index (χ0) is 16.5. The van der Waals surface area contributed by atoms with Gasteiger partial charge in [0.15, 0.2) is 0 Å². The fourth-order valence-electron chi connectivity index (χ4n) is 3.21. The molecule has 1 aliphatic rings. The molecule has 24 heavy (non-hydrogen) atoms. The second-order valence-corrected chi connectivity index (χ2v) is 6.49.